The molecule has 0 aliphatic heterocycles. The highest BCUT2D eigenvalue weighted by atomic mass is 19.3. The van der Waals surface area contributed by atoms with E-state index in [9.17, 15) is 13.6 Å². The predicted molar refractivity (Wildman–Crippen MR) is 75.5 cm³/mol. The molecule has 1 aromatic rings. The number of benzene rings is 1. The predicted octanol–water partition coefficient (Wildman–Crippen LogP) is 2.12. The number of para-hydroxylation sites is 1. The van der Waals surface area contributed by atoms with Crippen molar-refractivity contribution in [1.82, 2.24) is 10.6 Å². The number of alkyl halides is 2. The number of amides is 1. The van der Waals surface area contributed by atoms with E-state index in [4.69, 9.17) is 0 Å². The van der Waals surface area contributed by atoms with Crippen molar-refractivity contribution in [2.45, 2.75) is 31.9 Å². The Morgan fingerprint density at radius 2 is 2.14 bits per heavy atom. The van der Waals surface area contributed by atoms with Gasteiger partial charge in [0.1, 0.15) is 5.75 Å². The minimum atomic E-state index is -2.85. The minimum absolute atomic E-state index is 0.0334. The normalized spacial score (nSPS) is 22.0. The Kier molecular flexibility index (Phi) is 5.12. The van der Waals surface area contributed by atoms with E-state index < -0.39 is 6.61 Å². The van der Waals surface area contributed by atoms with Crippen molar-refractivity contribution in [3.8, 4) is 5.75 Å². The largest absolute Gasteiger partial charge is 0.435 e. The molecule has 116 valence electrons. The number of hydrogen-bond donors (Lipinski definition) is 2. The molecule has 0 aromatic heterocycles. The molecule has 1 saturated carbocycles. The van der Waals surface area contributed by atoms with Crippen LogP contribution in [-0.2, 0) is 4.79 Å². The van der Waals surface area contributed by atoms with Crippen molar-refractivity contribution in [2.75, 3.05) is 13.6 Å². The Labute approximate surface area is 122 Å². The zero-order valence-electron chi connectivity index (χ0n) is 12.1. The van der Waals surface area contributed by atoms with Gasteiger partial charge in [-0.3, -0.25) is 4.79 Å². The standard InChI is InChI=1S/C15H20F2N2O2/c1-9(18-2)8-19-14(20)12-7-11(12)10-5-3-4-6-13(10)21-15(16)17/h3-6,9,11-12,15,18H,7-8H2,1-2H3,(H,19,20). The number of nitrogens with one attached hydrogen (secondary N) is 2. The Morgan fingerprint density at radius 1 is 1.43 bits per heavy atom. The van der Waals surface area contributed by atoms with Crippen LogP contribution in [0.15, 0.2) is 24.3 Å². The summed E-state index contributed by atoms with van der Waals surface area (Å²) in [6, 6.07) is 6.86. The van der Waals surface area contributed by atoms with Crippen molar-refractivity contribution >= 4 is 5.91 Å². The van der Waals surface area contributed by atoms with Gasteiger partial charge in [-0.15, -0.1) is 0 Å². The van der Waals surface area contributed by atoms with E-state index in [2.05, 4.69) is 15.4 Å². The number of rotatable bonds is 7. The van der Waals surface area contributed by atoms with Crippen LogP contribution in [0.2, 0.25) is 0 Å². The lowest BCUT2D eigenvalue weighted by atomic mass is 10.1. The van der Waals surface area contributed by atoms with E-state index in [1.54, 1.807) is 18.2 Å². The van der Waals surface area contributed by atoms with Crippen molar-refractivity contribution in [3.05, 3.63) is 29.8 Å². The second-order valence-corrected chi connectivity index (χ2v) is 5.30. The van der Waals surface area contributed by atoms with E-state index in [1.807, 2.05) is 14.0 Å². The molecule has 1 aliphatic rings. The molecule has 1 aromatic carbocycles. The number of carbonyl (C=O) groups is 1. The lowest BCUT2D eigenvalue weighted by Gasteiger charge is -2.12. The molecule has 2 N–H and O–H groups in total. The molecule has 0 radical (unpaired) electrons. The van der Waals surface area contributed by atoms with Gasteiger partial charge in [0, 0.05) is 18.5 Å². The Morgan fingerprint density at radius 3 is 2.81 bits per heavy atom. The molecule has 1 fully saturated rings. The number of halogens is 2. The van der Waals surface area contributed by atoms with Gasteiger partial charge in [0.2, 0.25) is 5.91 Å². The van der Waals surface area contributed by atoms with E-state index >= 15 is 0 Å². The number of hydrogen-bond acceptors (Lipinski definition) is 3. The van der Waals surface area contributed by atoms with E-state index in [0.29, 0.717) is 18.5 Å². The van der Waals surface area contributed by atoms with Gasteiger partial charge < -0.3 is 15.4 Å². The second kappa shape index (κ2) is 6.85. The molecule has 0 heterocycles. The van der Waals surface area contributed by atoms with Crippen molar-refractivity contribution < 1.29 is 18.3 Å². The topological polar surface area (TPSA) is 50.4 Å². The Hall–Kier alpha value is -1.69. The van der Waals surface area contributed by atoms with Gasteiger partial charge in [-0.2, -0.15) is 8.78 Å². The van der Waals surface area contributed by atoms with Crippen molar-refractivity contribution in [3.63, 3.8) is 0 Å². The molecule has 4 nitrogen and oxygen atoms in total. The van der Waals surface area contributed by atoms with Crippen LogP contribution in [0.5, 0.6) is 5.75 Å². The van der Waals surface area contributed by atoms with Crippen LogP contribution in [0.4, 0.5) is 8.78 Å². The highest BCUT2D eigenvalue weighted by Crippen LogP contribution is 2.50. The lowest BCUT2D eigenvalue weighted by molar-refractivity contribution is -0.122. The van der Waals surface area contributed by atoms with Gasteiger partial charge in [-0.25, -0.2) is 0 Å². The summed E-state index contributed by atoms with van der Waals surface area (Å²) < 4.78 is 29.3. The van der Waals surface area contributed by atoms with E-state index in [0.717, 1.165) is 0 Å². The first-order chi connectivity index (χ1) is 10.0. The molecule has 1 aliphatic carbocycles. The van der Waals surface area contributed by atoms with Gasteiger partial charge in [0.25, 0.3) is 0 Å². The molecule has 0 saturated heterocycles. The molecule has 0 spiro atoms. The van der Waals surface area contributed by atoms with Crippen LogP contribution < -0.4 is 15.4 Å². The minimum Gasteiger partial charge on any atom is -0.435 e. The summed E-state index contributed by atoms with van der Waals surface area (Å²) in [4.78, 5) is 12.0. The maximum absolute atomic E-state index is 12.4. The average molecular weight is 298 g/mol. The smallest absolute Gasteiger partial charge is 0.387 e. The average Bonchev–Trinajstić information content (AvgIpc) is 3.24. The summed E-state index contributed by atoms with van der Waals surface area (Å²) in [7, 11) is 1.83. The Balaban J connectivity index is 1.95. The highest BCUT2D eigenvalue weighted by Gasteiger charge is 2.45. The molecule has 2 rings (SSSR count). The molecule has 1 amide bonds. The van der Waals surface area contributed by atoms with Crippen molar-refractivity contribution in [2.24, 2.45) is 5.92 Å². The maximum Gasteiger partial charge on any atom is 0.387 e. The summed E-state index contributed by atoms with van der Waals surface area (Å²) in [5.74, 6) is -0.0633. The summed E-state index contributed by atoms with van der Waals surface area (Å²) in [5, 5.41) is 5.90. The van der Waals surface area contributed by atoms with Gasteiger partial charge >= 0.3 is 6.61 Å². The van der Waals surface area contributed by atoms with Gasteiger partial charge in [-0.1, -0.05) is 18.2 Å². The number of ether oxygens (including phenoxy) is 1. The first-order valence-electron chi connectivity index (χ1n) is 7.01. The van der Waals surface area contributed by atoms with Crippen LogP contribution in [0, 0.1) is 5.92 Å². The molecule has 6 heteroatoms. The first kappa shape index (κ1) is 15.7. The molecule has 3 atom stereocenters. The lowest BCUT2D eigenvalue weighted by Crippen LogP contribution is -2.38. The van der Waals surface area contributed by atoms with Crippen LogP contribution in [0.3, 0.4) is 0 Å². The van der Waals surface area contributed by atoms with Gasteiger partial charge in [-0.05, 0) is 37.9 Å². The fourth-order valence-electron chi connectivity index (χ4n) is 2.31. The van der Waals surface area contributed by atoms with Gasteiger partial charge in [0.15, 0.2) is 0 Å². The summed E-state index contributed by atoms with van der Waals surface area (Å²) in [5.41, 5.74) is 0.680. The monoisotopic (exact) mass is 298 g/mol. The van der Waals surface area contributed by atoms with Crippen LogP contribution in [0.1, 0.15) is 24.8 Å². The highest BCUT2D eigenvalue weighted by molar-refractivity contribution is 5.83. The number of carbonyl (C=O) groups excluding carboxylic acids is 1. The van der Waals surface area contributed by atoms with E-state index in [1.165, 1.54) is 6.07 Å². The third-order valence-corrected chi connectivity index (χ3v) is 3.74. The Bertz CT molecular complexity index is 496. The SMILES string of the molecule is CNC(C)CNC(=O)C1CC1c1ccccc1OC(F)F. The molecular weight excluding hydrogens is 278 g/mol. The summed E-state index contributed by atoms with van der Waals surface area (Å²) in [6.45, 7) is -0.335. The van der Waals surface area contributed by atoms with Gasteiger partial charge in [0.05, 0.1) is 0 Å². The van der Waals surface area contributed by atoms with Crippen molar-refractivity contribution in [1.29, 1.82) is 0 Å². The fourth-order valence-corrected chi connectivity index (χ4v) is 2.31. The zero-order chi connectivity index (χ0) is 15.4. The fraction of sp³-hybridized carbons (Fsp3) is 0.533. The molecule has 21 heavy (non-hydrogen) atoms. The van der Waals surface area contributed by atoms with Crippen LogP contribution >= 0.6 is 0 Å². The molecule has 0 bridgehead atoms. The third kappa shape index (κ3) is 4.14. The van der Waals surface area contributed by atoms with Crippen LogP contribution in [-0.4, -0.2) is 32.2 Å². The third-order valence-electron chi connectivity index (χ3n) is 3.74. The summed E-state index contributed by atoms with van der Waals surface area (Å²) >= 11 is 0. The molecule has 3 unspecified atom stereocenters. The first-order valence-corrected chi connectivity index (χ1v) is 7.01. The maximum atomic E-state index is 12.4. The van der Waals surface area contributed by atoms with E-state index in [-0.39, 0.29) is 29.5 Å². The summed E-state index contributed by atoms with van der Waals surface area (Å²) in [6.07, 6.45) is 0.670. The molecular formula is C15H20F2N2O2. The number of likely N-dealkylation sites (N-methyl/N-ethyl adjacent to an activating group) is 1. The van der Waals surface area contributed by atoms with Crippen LogP contribution in [0.25, 0.3) is 0 Å². The quantitative estimate of drug-likeness (QED) is 0.810. The second-order valence-electron chi connectivity index (χ2n) is 5.30. The zero-order valence-corrected chi connectivity index (χ0v) is 12.1.